The first-order chi connectivity index (χ1) is 7.27. The number of hydrogen-bond donors (Lipinski definition) is 0. The van der Waals surface area contributed by atoms with Crippen molar-refractivity contribution >= 4 is 5.78 Å². The van der Waals surface area contributed by atoms with Gasteiger partial charge in [0, 0.05) is 10.8 Å². The van der Waals surface area contributed by atoms with Crippen LogP contribution in [0.5, 0.6) is 0 Å². The van der Waals surface area contributed by atoms with Crippen LogP contribution in [0.15, 0.2) is 11.1 Å². The number of fused-ring (bicyclic) bond motifs is 1. The second-order valence-electron chi connectivity index (χ2n) is 6.81. The third kappa shape index (κ3) is 1.56. The average Bonchev–Trinajstić information content (AvgIpc) is 2.18. The van der Waals surface area contributed by atoms with Crippen molar-refractivity contribution in [2.45, 2.75) is 60.3 Å². The van der Waals surface area contributed by atoms with Crippen molar-refractivity contribution in [3.63, 3.8) is 0 Å². The quantitative estimate of drug-likeness (QED) is 0.561. The van der Waals surface area contributed by atoms with Crippen LogP contribution >= 0.6 is 0 Å². The van der Waals surface area contributed by atoms with Crippen LogP contribution in [0.25, 0.3) is 0 Å². The van der Waals surface area contributed by atoms with E-state index in [1.807, 2.05) is 0 Å². The van der Waals surface area contributed by atoms with E-state index in [0.29, 0.717) is 11.7 Å². The van der Waals surface area contributed by atoms with Crippen molar-refractivity contribution in [2.24, 2.45) is 16.7 Å². The predicted molar refractivity (Wildman–Crippen MR) is 67.2 cm³/mol. The normalized spacial score (nSPS) is 38.6. The van der Waals surface area contributed by atoms with Crippen molar-refractivity contribution in [1.29, 1.82) is 0 Å². The van der Waals surface area contributed by atoms with Gasteiger partial charge < -0.3 is 0 Å². The van der Waals surface area contributed by atoms with Gasteiger partial charge in [-0.25, -0.2) is 0 Å². The minimum absolute atomic E-state index is 0.0780. The van der Waals surface area contributed by atoms with E-state index in [9.17, 15) is 4.79 Å². The zero-order valence-electron chi connectivity index (χ0n) is 11.3. The molecular weight excluding hydrogens is 196 g/mol. The summed E-state index contributed by atoms with van der Waals surface area (Å²) in [5.41, 5.74) is 2.79. The van der Waals surface area contributed by atoms with Crippen molar-refractivity contribution < 1.29 is 4.79 Å². The summed E-state index contributed by atoms with van der Waals surface area (Å²) >= 11 is 0. The van der Waals surface area contributed by atoms with E-state index in [1.165, 1.54) is 17.6 Å². The van der Waals surface area contributed by atoms with Crippen LogP contribution in [-0.4, -0.2) is 5.78 Å². The zero-order chi connectivity index (χ0) is 12.1. The lowest BCUT2D eigenvalue weighted by molar-refractivity contribution is -0.145. The molecule has 1 fully saturated rings. The van der Waals surface area contributed by atoms with Gasteiger partial charge in [0.15, 0.2) is 0 Å². The van der Waals surface area contributed by atoms with E-state index >= 15 is 0 Å². The highest BCUT2D eigenvalue weighted by Gasteiger charge is 2.52. The molecule has 0 amide bonds. The molecule has 2 unspecified atom stereocenters. The molecule has 0 bridgehead atoms. The Morgan fingerprint density at radius 3 is 2.38 bits per heavy atom. The second kappa shape index (κ2) is 3.45. The number of carbonyl (C=O) groups excluding carboxylic acids is 1. The number of hydrogen-bond acceptors (Lipinski definition) is 1. The maximum atomic E-state index is 12.6. The van der Waals surface area contributed by atoms with Crippen LogP contribution in [-0.2, 0) is 4.79 Å². The lowest BCUT2D eigenvalue weighted by Crippen LogP contribution is -2.49. The van der Waals surface area contributed by atoms with Gasteiger partial charge in [-0.05, 0) is 45.4 Å². The summed E-state index contributed by atoms with van der Waals surface area (Å²) in [6.45, 7) is 10.9. The Kier molecular flexibility index (Phi) is 2.56. The van der Waals surface area contributed by atoms with Gasteiger partial charge in [0.1, 0.15) is 5.78 Å². The maximum absolute atomic E-state index is 12.6. The fourth-order valence-corrected chi connectivity index (χ4v) is 3.72. The zero-order valence-corrected chi connectivity index (χ0v) is 11.3. The second-order valence-corrected chi connectivity index (χ2v) is 6.81. The first kappa shape index (κ1) is 11.9. The minimum Gasteiger partial charge on any atom is -0.298 e. The molecule has 0 N–H and O–H groups in total. The largest absolute Gasteiger partial charge is 0.298 e. The molecule has 2 aliphatic rings. The summed E-state index contributed by atoms with van der Waals surface area (Å²) < 4.78 is 0. The fourth-order valence-electron chi connectivity index (χ4n) is 3.72. The molecule has 0 aromatic rings. The van der Waals surface area contributed by atoms with Crippen LogP contribution in [0.1, 0.15) is 60.3 Å². The fraction of sp³-hybridized carbons (Fsp3) is 0.800. The Labute approximate surface area is 99.3 Å². The van der Waals surface area contributed by atoms with Gasteiger partial charge in [-0.1, -0.05) is 31.9 Å². The number of ketones is 1. The van der Waals surface area contributed by atoms with E-state index in [1.54, 1.807) is 0 Å². The number of rotatable bonds is 0. The molecule has 16 heavy (non-hydrogen) atoms. The third-order valence-corrected chi connectivity index (χ3v) is 5.07. The first-order valence-electron chi connectivity index (χ1n) is 6.47. The smallest absolute Gasteiger partial charge is 0.144 e. The topological polar surface area (TPSA) is 17.1 Å². The Bertz CT molecular complexity index is 362. The predicted octanol–water partition coefficient (Wildman–Crippen LogP) is 4.13. The van der Waals surface area contributed by atoms with Crippen LogP contribution in [0.4, 0.5) is 0 Å². The van der Waals surface area contributed by atoms with Crippen LogP contribution < -0.4 is 0 Å². The van der Waals surface area contributed by atoms with E-state index in [4.69, 9.17) is 0 Å². The highest BCUT2D eigenvalue weighted by molar-refractivity contribution is 5.91. The number of carbonyl (C=O) groups is 1. The van der Waals surface area contributed by atoms with Gasteiger partial charge >= 0.3 is 0 Å². The molecule has 90 valence electrons. The number of Topliss-reactive ketones (excluding diaryl/α,β-unsaturated/α-hetero) is 1. The van der Waals surface area contributed by atoms with Gasteiger partial charge in [0.25, 0.3) is 0 Å². The molecule has 2 atom stereocenters. The van der Waals surface area contributed by atoms with E-state index in [-0.39, 0.29) is 10.8 Å². The van der Waals surface area contributed by atoms with Crippen LogP contribution in [0.2, 0.25) is 0 Å². The van der Waals surface area contributed by atoms with Gasteiger partial charge in [-0.3, -0.25) is 4.79 Å². The third-order valence-electron chi connectivity index (χ3n) is 5.07. The molecule has 0 spiro atoms. The molecule has 0 aromatic heterocycles. The van der Waals surface area contributed by atoms with Gasteiger partial charge in [0.05, 0.1) is 0 Å². The Balaban J connectivity index is 2.38. The maximum Gasteiger partial charge on any atom is 0.144 e. The average molecular weight is 220 g/mol. The lowest BCUT2D eigenvalue weighted by atomic mass is 9.53. The first-order valence-corrected chi connectivity index (χ1v) is 6.47. The minimum atomic E-state index is -0.100. The summed E-state index contributed by atoms with van der Waals surface area (Å²) in [7, 11) is 0. The molecule has 2 aliphatic carbocycles. The highest BCUT2D eigenvalue weighted by Crippen LogP contribution is 2.54. The standard InChI is InChI=1S/C15H24O/c1-10-8-12-6-7-14(3,4)13(16)15(12,5)9-11(10)2/h12H,6-9H2,1-5H3. The lowest BCUT2D eigenvalue weighted by Gasteiger charge is -2.49. The molecule has 1 nitrogen and oxygen atoms in total. The summed E-state index contributed by atoms with van der Waals surface area (Å²) in [4.78, 5) is 12.6. The summed E-state index contributed by atoms with van der Waals surface area (Å²) in [5.74, 6) is 1.10. The molecule has 0 aliphatic heterocycles. The monoisotopic (exact) mass is 220 g/mol. The molecule has 2 rings (SSSR count). The van der Waals surface area contributed by atoms with Crippen molar-refractivity contribution in [3.05, 3.63) is 11.1 Å². The Hall–Kier alpha value is -0.590. The van der Waals surface area contributed by atoms with Gasteiger partial charge in [-0.15, -0.1) is 0 Å². The summed E-state index contributed by atoms with van der Waals surface area (Å²) in [6.07, 6.45) is 4.42. The molecular formula is C15H24O. The van der Waals surface area contributed by atoms with E-state index in [0.717, 1.165) is 19.3 Å². The Morgan fingerprint density at radius 2 is 1.75 bits per heavy atom. The summed E-state index contributed by atoms with van der Waals surface area (Å²) in [5, 5.41) is 0. The van der Waals surface area contributed by atoms with Gasteiger partial charge in [0.2, 0.25) is 0 Å². The van der Waals surface area contributed by atoms with Crippen molar-refractivity contribution in [1.82, 2.24) is 0 Å². The SMILES string of the molecule is CC1=C(C)CC2(C)C(=O)C(C)(C)CCC2C1. The molecule has 0 saturated heterocycles. The molecule has 0 radical (unpaired) electrons. The van der Waals surface area contributed by atoms with E-state index < -0.39 is 0 Å². The molecule has 1 heteroatoms. The molecule has 0 aromatic carbocycles. The van der Waals surface area contributed by atoms with Crippen LogP contribution in [0.3, 0.4) is 0 Å². The Morgan fingerprint density at radius 1 is 1.12 bits per heavy atom. The van der Waals surface area contributed by atoms with E-state index in [2.05, 4.69) is 34.6 Å². The van der Waals surface area contributed by atoms with Crippen LogP contribution in [0, 0.1) is 16.7 Å². The van der Waals surface area contributed by atoms with Gasteiger partial charge in [-0.2, -0.15) is 0 Å². The molecule has 1 saturated carbocycles. The van der Waals surface area contributed by atoms with Crippen molar-refractivity contribution in [2.75, 3.05) is 0 Å². The number of allylic oxidation sites excluding steroid dienone is 2. The summed E-state index contributed by atoms with van der Waals surface area (Å²) in [6, 6.07) is 0. The highest BCUT2D eigenvalue weighted by atomic mass is 16.1. The molecule has 0 heterocycles. The van der Waals surface area contributed by atoms with Crippen molar-refractivity contribution in [3.8, 4) is 0 Å².